The molecule has 20 heavy (non-hydrogen) atoms. The first kappa shape index (κ1) is 17.4. The van der Waals surface area contributed by atoms with Crippen LogP contribution in [0.3, 0.4) is 0 Å². The van der Waals surface area contributed by atoms with Crippen molar-refractivity contribution in [3.05, 3.63) is 33.8 Å². The van der Waals surface area contributed by atoms with E-state index in [1.54, 1.807) is 0 Å². The van der Waals surface area contributed by atoms with Crippen molar-refractivity contribution in [2.75, 3.05) is 0 Å². The summed E-state index contributed by atoms with van der Waals surface area (Å²) in [5.74, 6) is 1.15. The zero-order valence-corrected chi connectivity index (χ0v) is 11.0. The number of nitrogens with one attached hydrogen (secondary N) is 1. The Balaban J connectivity index is 3.39. The van der Waals surface area contributed by atoms with Crippen molar-refractivity contribution in [2.24, 2.45) is 11.8 Å². The Labute approximate surface area is 119 Å². The van der Waals surface area contributed by atoms with Gasteiger partial charge in [0.1, 0.15) is 0 Å². The van der Waals surface area contributed by atoms with Crippen LogP contribution in [-0.4, -0.2) is 12.4 Å². The van der Waals surface area contributed by atoms with Crippen molar-refractivity contribution >= 4 is 23.2 Å². The van der Waals surface area contributed by atoms with Gasteiger partial charge in [-0.1, -0.05) is 35.3 Å². The van der Waals surface area contributed by atoms with E-state index in [-0.39, 0.29) is 5.02 Å². The molecule has 3 N–H and O–H groups in total. The SMILES string of the molecule is NNC(c1cccc(Cl)c1Cl)C(C(F)(F)F)C(F)(F)F. The molecule has 0 aliphatic rings. The molecule has 1 aromatic carbocycles. The van der Waals surface area contributed by atoms with E-state index >= 15 is 0 Å². The second-order valence-corrected chi connectivity index (χ2v) is 4.63. The van der Waals surface area contributed by atoms with E-state index in [1.807, 2.05) is 0 Å². The average molecular weight is 341 g/mol. The zero-order chi connectivity index (χ0) is 15.7. The fourth-order valence-electron chi connectivity index (χ4n) is 1.69. The van der Waals surface area contributed by atoms with E-state index in [0.29, 0.717) is 0 Å². The molecule has 0 amide bonds. The summed E-state index contributed by atoms with van der Waals surface area (Å²) < 4.78 is 76.1. The second kappa shape index (κ2) is 5.97. The third-order valence-corrected chi connectivity index (χ3v) is 3.37. The van der Waals surface area contributed by atoms with Crippen LogP contribution in [0.4, 0.5) is 26.3 Å². The highest BCUT2D eigenvalue weighted by Crippen LogP contribution is 2.47. The van der Waals surface area contributed by atoms with Gasteiger partial charge in [-0.25, -0.2) is 0 Å². The summed E-state index contributed by atoms with van der Waals surface area (Å²) in [5, 5.41) is -0.594. The quantitative estimate of drug-likeness (QED) is 0.490. The van der Waals surface area contributed by atoms with E-state index < -0.39 is 34.9 Å². The van der Waals surface area contributed by atoms with Crippen LogP contribution in [0.2, 0.25) is 10.0 Å². The Hall–Kier alpha value is -0.700. The first-order valence-corrected chi connectivity index (χ1v) is 5.79. The van der Waals surface area contributed by atoms with Gasteiger partial charge in [0, 0.05) is 0 Å². The number of nitrogens with two attached hydrogens (primary N) is 1. The lowest BCUT2D eigenvalue weighted by molar-refractivity contribution is -0.292. The molecule has 10 heteroatoms. The van der Waals surface area contributed by atoms with E-state index in [1.165, 1.54) is 17.6 Å². The number of hydrazine groups is 1. The largest absolute Gasteiger partial charge is 0.402 e. The first-order valence-electron chi connectivity index (χ1n) is 5.03. The molecule has 0 saturated heterocycles. The zero-order valence-electron chi connectivity index (χ0n) is 9.49. The van der Waals surface area contributed by atoms with Crippen molar-refractivity contribution < 1.29 is 26.3 Å². The highest BCUT2D eigenvalue weighted by molar-refractivity contribution is 6.42. The van der Waals surface area contributed by atoms with E-state index in [0.717, 1.165) is 6.07 Å². The Bertz CT molecular complexity index is 460. The lowest BCUT2D eigenvalue weighted by atomic mass is 9.92. The summed E-state index contributed by atoms with van der Waals surface area (Å²) in [7, 11) is 0. The van der Waals surface area contributed by atoms with Crippen LogP contribution in [-0.2, 0) is 0 Å². The van der Waals surface area contributed by atoms with Gasteiger partial charge in [0.2, 0.25) is 0 Å². The summed E-state index contributed by atoms with van der Waals surface area (Å²) in [6, 6.07) is 1.10. The number of hydrogen-bond donors (Lipinski definition) is 2. The summed E-state index contributed by atoms with van der Waals surface area (Å²) in [5.41, 5.74) is 1.03. The maximum Gasteiger partial charge on any atom is 0.402 e. The molecule has 1 unspecified atom stereocenters. The minimum Gasteiger partial charge on any atom is -0.271 e. The minimum atomic E-state index is -5.55. The lowest BCUT2D eigenvalue weighted by Crippen LogP contribution is -2.47. The Kier molecular flexibility index (Phi) is 5.18. The average Bonchev–Trinajstić information content (AvgIpc) is 2.26. The van der Waals surface area contributed by atoms with Gasteiger partial charge in [0.05, 0.1) is 16.1 Å². The van der Waals surface area contributed by atoms with Gasteiger partial charge in [-0.2, -0.15) is 26.3 Å². The van der Waals surface area contributed by atoms with Crippen LogP contribution in [0, 0.1) is 5.92 Å². The molecule has 0 aromatic heterocycles. The summed E-state index contributed by atoms with van der Waals surface area (Å²) >= 11 is 11.2. The first-order chi connectivity index (χ1) is 9.00. The molecule has 0 bridgehead atoms. The van der Waals surface area contributed by atoms with E-state index in [4.69, 9.17) is 29.0 Å². The van der Waals surface area contributed by atoms with Crippen LogP contribution in [0.15, 0.2) is 18.2 Å². The van der Waals surface area contributed by atoms with Gasteiger partial charge >= 0.3 is 12.4 Å². The summed E-state index contributed by atoms with van der Waals surface area (Å²) in [4.78, 5) is 0. The molecule has 1 aromatic rings. The molecule has 1 atom stereocenters. The van der Waals surface area contributed by atoms with Gasteiger partial charge in [0.25, 0.3) is 0 Å². The van der Waals surface area contributed by atoms with Crippen LogP contribution in [0.5, 0.6) is 0 Å². The molecule has 0 spiro atoms. The second-order valence-electron chi connectivity index (χ2n) is 3.85. The van der Waals surface area contributed by atoms with E-state index in [9.17, 15) is 26.3 Å². The third kappa shape index (κ3) is 3.69. The molecule has 0 heterocycles. The molecule has 1 rings (SSSR count). The summed E-state index contributed by atoms with van der Waals surface area (Å²) in [6.07, 6.45) is -11.1. The van der Waals surface area contributed by atoms with Gasteiger partial charge in [-0.05, 0) is 11.6 Å². The van der Waals surface area contributed by atoms with Gasteiger partial charge < -0.3 is 0 Å². The van der Waals surface area contributed by atoms with Gasteiger partial charge in [0.15, 0.2) is 5.92 Å². The van der Waals surface area contributed by atoms with Crippen LogP contribution >= 0.6 is 23.2 Å². The highest BCUT2D eigenvalue weighted by atomic mass is 35.5. The van der Waals surface area contributed by atoms with Crippen molar-refractivity contribution in [3.63, 3.8) is 0 Å². The molecule has 2 nitrogen and oxygen atoms in total. The number of benzene rings is 1. The van der Waals surface area contributed by atoms with Crippen LogP contribution < -0.4 is 11.3 Å². The number of halogens is 8. The minimum absolute atomic E-state index is 0.174. The Morgan fingerprint density at radius 2 is 1.50 bits per heavy atom. The number of rotatable bonds is 3. The fraction of sp³-hybridized carbons (Fsp3) is 0.400. The maximum atomic E-state index is 12.7. The Morgan fingerprint density at radius 3 is 1.90 bits per heavy atom. The standard InChI is InChI=1S/C10H8Cl2F6N2/c11-5-3-1-2-4(6(5)12)7(20-19)8(9(13,14)15)10(16,17)18/h1-3,7-8,20H,19H2. The van der Waals surface area contributed by atoms with E-state index in [2.05, 4.69) is 0 Å². The fourth-order valence-corrected chi connectivity index (χ4v) is 2.12. The predicted molar refractivity (Wildman–Crippen MR) is 62.1 cm³/mol. The molecule has 0 aliphatic carbocycles. The molecule has 0 aliphatic heterocycles. The normalized spacial score (nSPS) is 14.7. The number of alkyl halides is 6. The smallest absolute Gasteiger partial charge is 0.271 e. The predicted octanol–water partition coefficient (Wildman–Crippen LogP) is 4.24. The Morgan fingerprint density at radius 1 is 1.00 bits per heavy atom. The highest BCUT2D eigenvalue weighted by Gasteiger charge is 2.60. The van der Waals surface area contributed by atoms with Crippen molar-refractivity contribution in [3.8, 4) is 0 Å². The monoisotopic (exact) mass is 340 g/mol. The molecule has 114 valence electrons. The lowest BCUT2D eigenvalue weighted by Gasteiger charge is -2.31. The van der Waals surface area contributed by atoms with Gasteiger partial charge in [-0.15, -0.1) is 0 Å². The van der Waals surface area contributed by atoms with Gasteiger partial charge in [-0.3, -0.25) is 11.3 Å². The van der Waals surface area contributed by atoms with Crippen molar-refractivity contribution in [1.82, 2.24) is 5.43 Å². The maximum absolute atomic E-state index is 12.7. The molecule has 0 fully saturated rings. The molecular weight excluding hydrogens is 333 g/mol. The molecule has 0 radical (unpaired) electrons. The molecular formula is C10H8Cl2F6N2. The number of hydrogen-bond acceptors (Lipinski definition) is 2. The third-order valence-electron chi connectivity index (χ3n) is 2.53. The van der Waals surface area contributed by atoms with Crippen LogP contribution in [0.1, 0.15) is 11.6 Å². The topological polar surface area (TPSA) is 38.0 Å². The van der Waals surface area contributed by atoms with Crippen LogP contribution in [0.25, 0.3) is 0 Å². The summed E-state index contributed by atoms with van der Waals surface area (Å²) in [6.45, 7) is 0. The van der Waals surface area contributed by atoms with Crippen molar-refractivity contribution in [2.45, 2.75) is 18.4 Å². The molecule has 0 saturated carbocycles. The van der Waals surface area contributed by atoms with Crippen molar-refractivity contribution in [1.29, 1.82) is 0 Å².